The lowest BCUT2D eigenvalue weighted by atomic mass is 10.0. The van der Waals surface area contributed by atoms with Gasteiger partial charge < -0.3 is 4.90 Å². The number of piperidine rings is 1. The van der Waals surface area contributed by atoms with E-state index in [-0.39, 0.29) is 0 Å². The van der Waals surface area contributed by atoms with E-state index < -0.39 is 0 Å². The molecule has 2 aliphatic heterocycles. The molecule has 0 spiro atoms. The van der Waals surface area contributed by atoms with Gasteiger partial charge in [0, 0.05) is 32.1 Å². The quantitative estimate of drug-likeness (QED) is 0.802. The van der Waals surface area contributed by atoms with Gasteiger partial charge in [-0.2, -0.15) is 5.10 Å². The lowest BCUT2D eigenvalue weighted by Gasteiger charge is -2.36. The molecule has 0 unspecified atom stereocenters. The molecule has 3 rings (SSSR count). The van der Waals surface area contributed by atoms with E-state index in [9.17, 15) is 4.79 Å². The predicted molar refractivity (Wildman–Crippen MR) is 89.1 cm³/mol. The first-order valence-corrected chi connectivity index (χ1v) is 9.03. The molecule has 128 valence electrons. The minimum atomic E-state index is 0.342. The molecule has 1 atom stereocenters. The smallest absolute Gasteiger partial charge is 0.222 e. The number of likely N-dealkylation sites (tertiary alicyclic amines) is 2. The highest BCUT2D eigenvalue weighted by Gasteiger charge is 2.24. The number of nitrogens with zero attached hydrogens (tertiary/aromatic N) is 5. The van der Waals surface area contributed by atoms with Crippen molar-refractivity contribution in [2.45, 2.75) is 65.0 Å². The Morgan fingerprint density at radius 1 is 1.13 bits per heavy atom. The molecule has 0 N–H and O–H groups in total. The summed E-state index contributed by atoms with van der Waals surface area (Å²) in [5, 5.41) is 4.52. The summed E-state index contributed by atoms with van der Waals surface area (Å²) in [4.78, 5) is 20.7. The molecule has 3 heterocycles. The van der Waals surface area contributed by atoms with Gasteiger partial charge in [0.15, 0.2) is 0 Å². The molecule has 6 nitrogen and oxygen atoms in total. The van der Waals surface area contributed by atoms with Crippen molar-refractivity contribution in [2.75, 3.05) is 26.2 Å². The average molecular weight is 319 g/mol. The molecule has 1 aromatic heterocycles. The third-order valence-electron chi connectivity index (χ3n) is 5.14. The Morgan fingerprint density at radius 2 is 2.00 bits per heavy atom. The van der Waals surface area contributed by atoms with E-state index in [4.69, 9.17) is 0 Å². The van der Waals surface area contributed by atoms with Gasteiger partial charge in [-0.15, -0.1) is 0 Å². The molecule has 2 saturated heterocycles. The van der Waals surface area contributed by atoms with E-state index in [0.29, 0.717) is 11.9 Å². The van der Waals surface area contributed by atoms with Crippen molar-refractivity contribution >= 4 is 5.91 Å². The van der Waals surface area contributed by atoms with Crippen molar-refractivity contribution in [1.82, 2.24) is 24.6 Å². The number of aromatic nitrogens is 3. The number of amides is 1. The van der Waals surface area contributed by atoms with Crippen LogP contribution in [0.4, 0.5) is 0 Å². The summed E-state index contributed by atoms with van der Waals surface area (Å²) in [7, 11) is 0. The van der Waals surface area contributed by atoms with Crippen LogP contribution in [0.1, 0.15) is 50.2 Å². The fourth-order valence-corrected chi connectivity index (χ4v) is 3.90. The molecule has 1 amide bonds. The Hall–Kier alpha value is -1.43. The first-order valence-electron chi connectivity index (χ1n) is 9.03. The summed E-state index contributed by atoms with van der Waals surface area (Å²) in [6.45, 7) is 9.06. The summed E-state index contributed by atoms with van der Waals surface area (Å²) in [6.07, 6.45) is 6.69. The third-order valence-corrected chi connectivity index (χ3v) is 5.14. The van der Waals surface area contributed by atoms with E-state index in [1.54, 1.807) is 0 Å². The third kappa shape index (κ3) is 4.10. The maximum Gasteiger partial charge on any atom is 0.222 e. The first kappa shape index (κ1) is 16.4. The number of carbonyl (C=O) groups excluding carboxylic acids is 1. The molecular formula is C17H29N5O. The fourth-order valence-electron chi connectivity index (χ4n) is 3.90. The van der Waals surface area contributed by atoms with E-state index in [1.807, 2.05) is 18.7 Å². The van der Waals surface area contributed by atoms with Crippen LogP contribution in [0.25, 0.3) is 0 Å². The van der Waals surface area contributed by atoms with Crippen LogP contribution < -0.4 is 0 Å². The summed E-state index contributed by atoms with van der Waals surface area (Å²) in [5.41, 5.74) is 0. The second kappa shape index (κ2) is 7.43. The molecule has 0 saturated carbocycles. The molecular weight excluding hydrogens is 290 g/mol. The topological polar surface area (TPSA) is 54.3 Å². The number of carbonyl (C=O) groups is 1. The summed E-state index contributed by atoms with van der Waals surface area (Å²) >= 11 is 0. The van der Waals surface area contributed by atoms with Gasteiger partial charge in [-0.05, 0) is 46.1 Å². The van der Waals surface area contributed by atoms with E-state index in [1.165, 1.54) is 25.8 Å². The molecule has 23 heavy (non-hydrogen) atoms. The van der Waals surface area contributed by atoms with Gasteiger partial charge in [0.05, 0.1) is 6.54 Å². The average Bonchev–Trinajstić information content (AvgIpc) is 3.07. The maximum atomic E-state index is 11.7. The highest BCUT2D eigenvalue weighted by Crippen LogP contribution is 2.19. The summed E-state index contributed by atoms with van der Waals surface area (Å²) < 4.78 is 2.06. The maximum absolute atomic E-state index is 11.7. The largest absolute Gasteiger partial charge is 0.343 e. The van der Waals surface area contributed by atoms with Gasteiger partial charge in [0.2, 0.25) is 5.91 Å². The van der Waals surface area contributed by atoms with Crippen molar-refractivity contribution in [3.63, 3.8) is 0 Å². The minimum Gasteiger partial charge on any atom is -0.343 e. The van der Waals surface area contributed by atoms with Crippen LogP contribution in [0, 0.1) is 13.8 Å². The van der Waals surface area contributed by atoms with Gasteiger partial charge in [0.1, 0.15) is 11.6 Å². The zero-order chi connectivity index (χ0) is 16.2. The molecule has 1 aromatic rings. The minimum absolute atomic E-state index is 0.342. The van der Waals surface area contributed by atoms with Crippen LogP contribution in [0.2, 0.25) is 0 Å². The molecule has 0 aliphatic carbocycles. The van der Waals surface area contributed by atoms with Crippen LogP contribution in [-0.2, 0) is 11.3 Å². The Bertz CT molecular complexity index is 541. The van der Waals surface area contributed by atoms with Crippen molar-refractivity contribution in [2.24, 2.45) is 0 Å². The van der Waals surface area contributed by atoms with E-state index in [0.717, 1.165) is 57.1 Å². The zero-order valence-corrected chi connectivity index (χ0v) is 14.5. The second-order valence-corrected chi connectivity index (χ2v) is 6.91. The monoisotopic (exact) mass is 319 g/mol. The van der Waals surface area contributed by atoms with Crippen LogP contribution in [0.5, 0.6) is 0 Å². The number of hydrogen-bond acceptors (Lipinski definition) is 4. The van der Waals surface area contributed by atoms with Crippen molar-refractivity contribution in [3.05, 3.63) is 11.6 Å². The van der Waals surface area contributed by atoms with Crippen molar-refractivity contribution in [1.29, 1.82) is 0 Å². The fraction of sp³-hybridized carbons (Fsp3) is 0.824. The van der Waals surface area contributed by atoms with Crippen molar-refractivity contribution in [3.8, 4) is 0 Å². The predicted octanol–water partition coefficient (Wildman–Crippen LogP) is 1.76. The van der Waals surface area contributed by atoms with Crippen LogP contribution in [0.15, 0.2) is 0 Å². The van der Waals surface area contributed by atoms with Gasteiger partial charge in [-0.1, -0.05) is 6.42 Å². The summed E-state index contributed by atoms with van der Waals surface area (Å²) in [6, 6.07) is 0.554. The van der Waals surface area contributed by atoms with Gasteiger partial charge in [-0.3, -0.25) is 9.69 Å². The number of rotatable bonds is 6. The first-order chi connectivity index (χ1) is 11.1. The van der Waals surface area contributed by atoms with Crippen LogP contribution in [0.3, 0.4) is 0 Å². The molecule has 0 bridgehead atoms. The molecule has 6 heteroatoms. The van der Waals surface area contributed by atoms with Crippen LogP contribution >= 0.6 is 0 Å². The normalized spacial score (nSPS) is 23.0. The molecule has 0 aromatic carbocycles. The highest BCUT2D eigenvalue weighted by molar-refractivity contribution is 5.77. The van der Waals surface area contributed by atoms with E-state index >= 15 is 0 Å². The van der Waals surface area contributed by atoms with Gasteiger partial charge in [0.25, 0.3) is 0 Å². The van der Waals surface area contributed by atoms with Gasteiger partial charge >= 0.3 is 0 Å². The lowest BCUT2D eigenvalue weighted by molar-refractivity contribution is -0.127. The zero-order valence-electron chi connectivity index (χ0n) is 14.5. The molecule has 0 radical (unpaired) electrons. The highest BCUT2D eigenvalue weighted by atomic mass is 16.2. The number of aryl methyl sites for hydroxylation is 2. The van der Waals surface area contributed by atoms with Gasteiger partial charge in [-0.25, -0.2) is 9.67 Å². The Balaban J connectivity index is 1.51. The molecule has 2 aliphatic rings. The lowest BCUT2D eigenvalue weighted by Crippen LogP contribution is -2.43. The van der Waals surface area contributed by atoms with E-state index in [2.05, 4.69) is 19.7 Å². The van der Waals surface area contributed by atoms with Crippen LogP contribution in [-0.4, -0.2) is 62.7 Å². The number of hydrogen-bond donors (Lipinski definition) is 0. The molecule has 2 fully saturated rings. The van der Waals surface area contributed by atoms with Crippen molar-refractivity contribution < 1.29 is 4.79 Å². The Kier molecular flexibility index (Phi) is 5.30. The Morgan fingerprint density at radius 3 is 2.70 bits per heavy atom. The summed E-state index contributed by atoms with van der Waals surface area (Å²) in [5.74, 6) is 2.21. The Labute approximate surface area is 138 Å². The second-order valence-electron chi connectivity index (χ2n) is 6.91. The SMILES string of the molecule is Cc1nc(C)n(C[C@@H]2CCCCN2CCCN2CCCC2=O)n1. The standard InChI is InChI=1S/C17H29N5O/c1-14-18-15(2)22(19-14)13-16-7-3-4-9-20(16)11-6-12-21-10-5-8-17(21)23/h16H,3-13H2,1-2H3/t16-/m0/s1.